The molecule has 2 aromatic heterocycles. The lowest BCUT2D eigenvalue weighted by Gasteiger charge is -2.26. The van der Waals surface area contributed by atoms with E-state index in [0.717, 1.165) is 49.0 Å². The van der Waals surface area contributed by atoms with Crippen LogP contribution in [0.15, 0.2) is 6.33 Å². The van der Waals surface area contributed by atoms with Crippen LogP contribution in [0.25, 0.3) is 11.0 Å². The quantitative estimate of drug-likeness (QED) is 0.873. The molecule has 1 fully saturated rings. The van der Waals surface area contributed by atoms with Crippen molar-refractivity contribution in [3.8, 4) is 0 Å². The molecule has 1 aliphatic rings. The third-order valence-corrected chi connectivity index (χ3v) is 4.07. The molecular formula is C17H32N6O. The Bertz CT molecular complexity index is 602. The van der Waals surface area contributed by atoms with Crippen LogP contribution in [0.4, 0.5) is 5.82 Å². The van der Waals surface area contributed by atoms with E-state index < -0.39 is 0 Å². The van der Waals surface area contributed by atoms with E-state index >= 15 is 0 Å². The van der Waals surface area contributed by atoms with Crippen LogP contribution in [-0.2, 0) is 4.74 Å². The van der Waals surface area contributed by atoms with Crippen molar-refractivity contribution in [1.29, 1.82) is 0 Å². The number of nitrogens with zero attached hydrogens (tertiary/aromatic N) is 4. The van der Waals surface area contributed by atoms with Gasteiger partial charge in [-0.25, -0.2) is 14.6 Å². The molecule has 2 heterocycles. The summed E-state index contributed by atoms with van der Waals surface area (Å²) in [6, 6.07) is 0.721. The molecule has 3 rings (SSSR count). The highest BCUT2D eigenvalue weighted by Crippen LogP contribution is 2.31. The van der Waals surface area contributed by atoms with E-state index in [2.05, 4.69) is 19.8 Å². The minimum atomic E-state index is 0.337. The monoisotopic (exact) mass is 336 g/mol. The second kappa shape index (κ2) is 10.2. The topological polar surface area (TPSA) is 105 Å². The molecule has 0 aromatic carbocycles. The summed E-state index contributed by atoms with van der Waals surface area (Å²) >= 11 is 0. The number of methoxy groups -OCH3 is 1. The highest BCUT2D eigenvalue weighted by molar-refractivity contribution is 5.87. The lowest BCUT2D eigenvalue weighted by atomic mass is 9.92. The van der Waals surface area contributed by atoms with E-state index in [9.17, 15) is 0 Å². The molecule has 136 valence electrons. The van der Waals surface area contributed by atoms with Crippen molar-refractivity contribution in [3.05, 3.63) is 12.0 Å². The summed E-state index contributed by atoms with van der Waals surface area (Å²) < 4.78 is 6.55. The average molecular weight is 336 g/mol. The van der Waals surface area contributed by atoms with Crippen molar-refractivity contribution in [1.82, 2.24) is 19.7 Å². The zero-order valence-corrected chi connectivity index (χ0v) is 15.6. The summed E-state index contributed by atoms with van der Waals surface area (Å²) in [5.41, 5.74) is 13.6. The maximum Gasteiger partial charge on any atom is 0.163 e. The van der Waals surface area contributed by atoms with Crippen molar-refractivity contribution in [2.75, 3.05) is 19.5 Å². The summed E-state index contributed by atoms with van der Waals surface area (Å²) in [4.78, 5) is 8.37. The Morgan fingerprint density at radius 2 is 1.79 bits per heavy atom. The number of fused-ring (bicyclic) bond motifs is 1. The van der Waals surface area contributed by atoms with Crippen molar-refractivity contribution in [2.45, 2.75) is 65.5 Å². The Kier molecular flexibility index (Phi) is 8.63. The average Bonchev–Trinajstić information content (AvgIpc) is 2.96. The molecule has 7 heteroatoms. The summed E-state index contributed by atoms with van der Waals surface area (Å²) in [5, 5.41) is 5.47. The first-order valence-electron chi connectivity index (χ1n) is 8.78. The van der Waals surface area contributed by atoms with Crippen LogP contribution in [0.5, 0.6) is 0 Å². The highest BCUT2D eigenvalue weighted by Gasteiger charge is 2.24. The van der Waals surface area contributed by atoms with Crippen LogP contribution in [0, 0.1) is 6.92 Å². The van der Waals surface area contributed by atoms with E-state index in [1.807, 2.05) is 32.4 Å². The first-order chi connectivity index (χ1) is 11.6. The van der Waals surface area contributed by atoms with Crippen molar-refractivity contribution in [2.24, 2.45) is 5.73 Å². The fourth-order valence-electron chi connectivity index (χ4n) is 2.77. The number of anilines is 1. The van der Waals surface area contributed by atoms with Gasteiger partial charge >= 0.3 is 0 Å². The van der Waals surface area contributed by atoms with Gasteiger partial charge in [-0.15, -0.1) is 0 Å². The van der Waals surface area contributed by atoms with Crippen LogP contribution in [-0.4, -0.2) is 39.5 Å². The lowest BCUT2D eigenvalue weighted by Crippen LogP contribution is -2.28. The second-order valence-electron chi connectivity index (χ2n) is 5.63. The maximum absolute atomic E-state index is 5.94. The number of rotatable bonds is 2. The van der Waals surface area contributed by atoms with Gasteiger partial charge in [-0.1, -0.05) is 13.8 Å². The summed E-state index contributed by atoms with van der Waals surface area (Å²) in [7, 11) is 1.68. The summed E-state index contributed by atoms with van der Waals surface area (Å²) in [5.74, 6) is 0.510. The number of hydrogen-bond acceptors (Lipinski definition) is 6. The van der Waals surface area contributed by atoms with Crippen LogP contribution < -0.4 is 11.5 Å². The number of hydrogen-bond donors (Lipinski definition) is 2. The van der Waals surface area contributed by atoms with Crippen molar-refractivity contribution in [3.63, 3.8) is 0 Å². The third kappa shape index (κ3) is 4.88. The maximum atomic E-state index is 5.94. The molecule has 0 aliphatic heterocycles. The van der Waals surface area contributed by atoms with Gasteiger partial charge in [-0.2, -0.15) is 5.10 Å². The van der Waals surface area contributed by atoms with Gasteiger partial charge in [-0.05, 0) is 39.5 Å². The second-order valence-corrected chi connectivity index (χ2v) is 5.63. The Hall–Kier alpha value is -1.73. The zero-order valence-electron chi connectivity index (χ0n) is 15.6. The fraction of sp³-hybridized carbons (Fsp3) is 0.706. The van der Waals surface area contributed by atoms with E-state index in [4.69, 9.17) is 11.5 Å². The van der Waals surface area contributed by atoms with E-state index in [-0.39, 0.29) is 0 Å². The van der Waals surface area contributed by atoms with E-state index in [1.165, 1.54) is 6.33 Å². The Morgan fingerprint density at radius 3 is 2.33 bits per heavy atom. The van der Waals surface area contributed by atoms with Crippen molar-refractivity contribution >= 4 is 16.9 Å². The molecule has 0 amide bonds. The fourth-order valence-corrected chi connectivity index (χ4v) is 2.77. The van der Waals surface area contributed by atoms with Crippen LogP contribution in [0.2, 0.25) is 0 Å². The van der Waals surface area contributed by atoms with Gasteiger partial charge in [0.2, 0.25) is 0 Å². The molecule has 24 heavy (non-hydrogen) atoms. The van der Waals surface area contributed by atoms with Gasteiger partial charge in [0, 0.05) is 19.8 Å². The summed E-state index contributed by atoms with van der Waals surface area (Å²) in [6.07, 6.45) is 5.71. The first kappa shape index (κ1) is 20.3. The number of ether oxygens (including phenoxy) is 1. The van der Waals surface area contributed by atoms with Crippen molar-refractivity contribution < 1.29 is 4.74 Å². The van der Waals surface area contributed by atoms with Crippen LogP contribution >= 0.6 is 0 Å². The molecule has 0 atom stereocenters. The zero-order chi connectivity index (χ0) is 18.1. The lowest BCUT2D eigenvalue weighted by molar-refractivity contribution is 0.215. The van der Waals surface area contributed by atoms with E-state index in [1.54, 1.807) is 7.11 Å². The number of nitrogen functional groups attached to an aromatic ring is 1. The Morgan fingerprint density at radius 1 is 1.21 bits per heavy atom. The van der Waals surface area contributed by atoms with Gasteiger partial charge in [-0.3, -0.25) is 0 Å². The van der Waals surface area contributed by atoms with E-state index in [0.29, 0.717) is 17.9 Å². The SMILES string of the molecule is CC.CCOC.Cc1nn(C2CCC(N)CC2)c2ncnc(N)c12. The highest BCUT2D eigenvalue weighted by atomic mass is 16.5. The third-order valence-electron chi connectivity index (χ3n) is 4.07. The van der Waals surface area contributed by atoms with Gasteiger partial charge in [0.05, 0.1) is 17.1 Å². The molecule has 2 aromatic rings. The number of aryl methyl sites for hydroxylation is 1. The molecule has 0 saturated heterocycles. The summed E-state index contributed by atoms with van der Waals surface area (Å²) in [6.45, 7) is 8.73. The van der Waals surface area contributed by atoms with Gasteiger partial charge < -0.3 is 16.2 Å². The molecule has 1 aliphatic carbocycles. The van der Waals surface area contributed by atoms with Crippen LogP contribution in [0.1, 0.15) is 58.2 Å². The number of aromatic nitrogens is 4. The molecule has 0 spiro atoms. The molecule has 1 saturated carbocycles. The molecule has 7 nitrogen and oxygen atoms in total. The van der Waals surface area contributed by atoms with Gasteiger partial charge in [0.25, 0.3) is 0 Å². The normalized spacial score (nSPS) is 19.9. The molecular weight excluding hydrogens is 304 g/mol. The van der Waals surface area contributed by atoms with Gasteiger partial charge in [0.1, 0.15) is 12.1 Å². The molecule has 0 radical (unpaired) electrons. The molecule has 0 unspecified atom stereocenters. The smallest absolute Gasteiger partial charge is 0.163 e. The standard InChI is InChI=1S/C12H18N6.C3H8O.C2H6/c1-7-10-11(14)15-6-16-12(10)18(17-7)9-4-2-8(13)3-5-9;1-3-4-2;1-2/h6,8-9H,2-5,13H2,1H3,(H2,14,15,16);3H2,1-2H3;1-2H3. The number of nitrogens with two attached hydrogens (primary N) is 2. The Balaban J connectivity index is 0.000000423. The minimum Gasteiger partial charge on any atom is -0.385 e. The van der Waals surface area contributed by atoms with Crippen LogP contribution in [0.3, 0.4) is 0 Å². The van der Waals surface area contributed by atoms with Gasteiger partial charge in [0.15, 0.2) is 5.65 Å². The first-order valence-corrected chi connectivity index (χ1v) is 8.78. The molecule has 0 bridgehead atoms. The largest absolute Gasteiger partial charge is 0.385 e. The predicted octanol–water partition coefficient (Wildman–Crippen LogP) is 2.84. The predicted molar refractivity (Wildman–Crippen MR) is 98.9 cm³/mol. The molecule has 4 N–H and O–H groups in total. The minimum absolute atomic E-state index is 0.337. The Labute approximate surface area is 144 Å².